The zero-order chi connectivity index (χ0) is 17.3. The van der Waals surface area contributed by atoms with Crippen LogP contribution >= 0.6 is 0 Å². The SMILES string of the molecule is CC(C)c1nc(CN(C)C(=O)c2nc(=O)[nH]c3ccccc23)no1. The fraction of sp³-hybridized carbons (Fsp3) is 0.312. The number of benzene rings is 1. The first-order valence-corrected chi connectivity index (χ1v) is 7.52. The largest absolute Gasteiger partial charge is 0.346 e. The summed E-state index contributed by atoms with van der Waals surface area (Å²) in [5.74, 6) is 0.660. The molecule has 0 saturated carbocycles. The minimum atomic E-state index is -0.563. The Labute approximate surface area is 137 Å². The molecule has 2 heterocycles. The van der Waals surface area contributed by atoms with E-state index in [1.807, 2.05) is 13.8 Å². The molecule has 1 aromatic carbocycles. The molecule has 0 bridgehead atoms. The van der Waals surface area contributed by atoms with E-state index < -0.39 is 5.69 Å². The van der Waals surface area contributed by atoms with Crippen molar-refractivity contribution in [2.45, 2.75) is 26.3 Å². The summed E-state index contributed by atoms with van der Waals surface area (Å²) in [5, 5.41) is 4.45. The number of para-hydroxylation sites is 1. The van der Waals surface area contributed by atoms with Crippen molar-refractivity contribution in [3.63, 3.8) is 0 Å². The van der Waals surface area contributed by atoms with Crippen LogP contribution in [0.25, 0.3) is 10.9 Å². The number of rotatable bonds is 4. The molecule has 1 N–H and O–H groups in total. The Morgan fingerprint density at radius 3 is 2.75 bits per heavy atom. The molecule has 0 unspecified atom stereocenters. The number of aromatic amines is 1. The number of carbonyl (C=O) groups is 1. The van der Waals surface area contributed by atoms with Gasteiger partial charge in [0.1, 0.15) is 5.69 Å². The number of nitrogens with zero attached hydrogens (tertiary/aromatic N) is 4. The average molecular weight is 327 g/mol. The minimum absolute atomic E-state index is 0.101. The molecule has 1 amide bonds. The van der Waals surface area contributed by atoms with Gasteiger partial charge in [0.25, 0.3) is 5.91 Å². The number of aromatic nitrogens is 4. The number of hydrogen-bond donors (Lipinski definition) is 1. The predicted octanol–water partition coefficient (Wildman–Crippen LogP) is 1.70. The highest BCUT2D eigenvalue weighted by Gasteiger charge is 2.20. The van der Waals surface area contributed by atoms with Gasteiger partial charge < -0.3 is 14.4 Å². The second-order valence-electron chi connectivity index (χ2n) is 5.80. The quantitative estimate of drug-likeness (QED) is 0.782. The second-order valence-corrected chi connectivity index (χ2v) is 5.80. The van der Waals surface area contributed by atoms with Gasteiger partial charge >= 0.3 is 5.69 Å². The van der Waals surface area contributed by atoms with Crippen LogP contribution in [0.2, 0.25) is 0 Å². The van der Waals surface area contributed by atoms with E-state index in [1.165, 1.54) is 4.90 Å². The van der Waals surface area contributed by atoms with Gasteiger partial charge in [-0.05, 0) is 6.07 Å². The zero-order valence-electron chi connectivity index (χ0n) is 13.6. The van der Waals surface area contributed by atoms with Crippen LogP contribution in [0.4, 0.5) is 0 Å². The Morgan fingerprint density at radius 1 is 1.29 bits per heavy atom. The maximum absolute atomic E-state index is 12.7. The van der Waals surface area contributed by atoms with Crippen molar-refractivity contribution >= 4 is 16.8 Å². The molecule has 0 atom stereocenters. The molecule has 2 aromatic heterocycles. The molecule has 8 nitrogen and oxygen atoms in total. The van der Waals surface area contributed by atoms with Crippen molar-refractivity contribution in [2.24, 2.45) is 0 Å². The summed E-state index contributed by atoms with van der Waals surface area (Å²) in [6.07, 6.45) is 0. The third kappa shape index (κ3) is 3.03. The number of H-pyrrole nitrogens is 1. The third-order valence-corrected chi connectivity index (χ3v) is 3.54. The maximum Gasteiger partial charge on any atom is 0.346 e. The van der Waals surface area contributed by atoms with Crippen LogP contribution in [0.3, 0.4) is 0 Å². The van der Waals surface area contributed by atoms with E-state index in [0.29, 0.717) is 22.6 Å². The first-order chi connectivity index (χ1) is 11.5. The number of hydrogen-bond acceptors (Lipinski definition) is 6. The lowest BCUT2D eigenvalue weighted by molar-refractivity contribution is 0.0776. The van der Waals surface area contributed by atoms with Gasteiger partial charge in [-0.1, -0.05) is 37.2 Å². The highest BCUT2D eigenvalue weighted by Crippen LogP contribution is 2.16. The topological polar surface area (TPSA) is 105 Å². The first kappa shape index (κ1) is 15.9. The van der Waals surface area contributed by atoms with Crippen molar-refractivity contribution in [3.8, 4) is 0 Å². The van der Waals surface area contributed by atoms with Gasteiger partial charge in [-0.15, -0.1) is 0 Å². The number of fused-ring (bicyclic) bond motifs is 1. The van der Waals surface area contributed by atoms with Crippen molar-refractivity contribution in [3.05, 3.63) is 52.2 Å². The maximum atomic E-state index is 12.7. The van der Waals surface area contributed by atoms with Crippen LogP contribution in [-0.4, -0.2) is 38.0 Å². The number of nitrogens with one attached hydrogen (secondary N) is 1. The summed E-state index contributed by atoms with van der Waals surface area (Å²) >= 11 is 0. The van der Waals surface area contributed by atoms with Crippen LogP contribution in [-0.2, 0) is 6.54 Å². The fourth-order valence-corrected chi connectivity index (χ4v) is 2.30. The molecule has 0 radical (unpaired) electrons. The molecule has 0 aliphatic rings. The predicted molar refractivity (Wildman–Crippen MR) is 86.5 cm³/mol. The molecule has 8 heteroatoms. The Bertz CT molecular complexity index is 944. The van der Waals surface area contributed by atoms with Crippen LogP contribution in [0.1, 0.15) is 42.0 Å². The average Bonchev–Trinajstić information content (AvgIpc) is 3.02. The molecule has 0 aliphatic heterocycles. The van der Waals surface area contributed by atoms with Crippen molar-refractivity contribution in [2.75, 3.05) is 7.05 Å². The minimum Gasteiger partial charge on any atom is -0.339 e. The second kappa shape index (κ2) is 6.23. The summed E-state index contributed by atoms with van der Waals surface area (Å²) in [4.78, 5) is 36.5. The van der Waals surface area contributed by atoms with Crippen LogP contribution in [0.15, 0.2) is 33.6 Å². The number of carbonyl (C=O) groups excluding carboxylic acids is 1. The van der Waals surface area contributed by atoms with Crippen molar-refractivity contribution < 1.29 is 9.32 Å². The smallest absolute Gasteiger partial charge is 0.339 e. The van der Waals surface area contributed by atoms with Crippen LogP contribution in [0.5, 0.6) is 0 Å². The summed E-state index contributed by atoms with van der Waals surface area (Å²) < 4.78 is 5.13. The molecule has 24 heavy (non-hydrogen) atoms. The summed E-state index contributed by atoms with van der Waals surface area (Å²) in [7, 11) is 1.60. The summed E-state index contributed by atoms with van der Waals surface area (Å²) in [6.45, 7) is 4.05. The highest BCUT2D eigenvalue weighted by atomic mass is 16.5. The van der Waals surface area contributed by atoms with Crippen LogP contribution in [0, 0.1) is 0 Å². The Hall–Kier alpha value is -3.03. The van der Waals surface area contributed by atoms with E-state index in [1.54, 1.807) is 31.3 Å². The normalized spacial score (nSPS) is 11.2. The molecular weight excluding hydrogens is 310 g/mol. The Kier molecular flexibility index (Phi) is 4.11. The van der Waals surface area contributed by atoms with E-state index in [9.17, 15) is 9.59 Å². The molecular formula is C16H17N5O3. The fourth-order valence-electron chi connectivity index (χ4n) is 2.30. The van der Waals surface area contributed by atoms with Gasteiger partial charge in [0.15, 0.2) is 5.82 Å². The lowest BCUT2D eigenvalue weighted by atomic mass is 10.1. The van der Waals surface area contributed by atoms with Crippen LogP contribution < -0.4 is 5.69 Å². The van der Waals surface area contributed by atoms with Gasteiger partial charge in [-0.2, -0.15) is 9.97 Å². The molecule has 0 spiro atoms. The van der Waals surface area contributed by atoms with Gasteiger partial charge in [0.05, 0.1) is 12.1 Å². The van der Waals surface area contributed by atoms with Gasteiger partial charge in [-0.3, -0.25) is 4.79 Å². The standard InChI is InChI=1S/C16H17N5O3/c1-9(2)14-18-12(20-24-14)8-21(3)15(22)13-10-6-4-5-7-11(10)17-16(23)19-13/h4-7,9H,8H2,1-3H3,(H,17,19,23). The number of amides is 1. The van der Waals surface area contributed by atoms with Crippen molar-refractivity contribution in [1.82, 2.24) is 25.0 Å². The molecule has 124 valence electrons. The van der Waals surface area contributed by atoms with E-state index >= 15 is 0 Å². The Balaban J connectivity index is 1.89. The molecule has 3 aromatic rings. The summed E-state index contributed by atoms with van der Waals surface area (Å²) in [6, 6.07) is 7.03. The lowest BCUT2D eigenvalue weighted by Crippen LogP contribution is -2.30. The van der Waals surface area contributed by atoms with Gasteiger partial charge in [0, 0.05) is 18.4 Å². The van der Waals surface area contributed by atoms with Gasteiger partial charge in [-0.25, -0.2) is 4.79 Å². The van der Waals surface area contributed by atoms with E-state index in [2.05, 4.69) is 20.1 Å². The van der Waals surface area contributed by atoms with E-state index in [-0.39, 0.29) is 24.1 Å². The summed E-state index contributed by atoms with van der Waals surface area (Å²) in [5.41, 5.74) is 0.104. The molecule has 0 fully saturated rings. The zero-order valence-corrected chi connectivity index (χ0v) is 13.6. The first-order valence-electron chi connectivity index (χ1n) is 7.52. The van der Waals surface area contributed by atoms with Crippen molar-refractivity contribution in [1.29, 1.82) is 0 Å². The highest BCUT2D eigenvalue weighted by molar-refractivity contribution is 6.03. The third-order valence-electron chi connectivity index (χ3n) is 3.54. The molecule has 3 rings (SSSR count). The molecule has 0 saturated heterocycles. The van der Waals surface area contributed by atoms with Gasteiger partial charge in [0.2, 0.25) is 5.89 Å². The Morgan fingerprint density at radius 2 is 2.04 bits per heavy atom. The monoisotopic (exact) mass is 327 g/mol. The van der Waals surface area contributed by atoms with E-state index in [0.717, 1.165) is 0 Å². The lowest BCUT2D eigenvalue weighted by Gasteiger charge is -2.15. The van der Waals surface area contributed by atoms with E-state index in [4.69, 9.17) is 4.52 Å². The molecule has 0 aliphatic carbocycles.